The average Bonchev–Trinajstić information content (AvgIpc) is 2.82. The lowest BCUT2D eigenvalue weighted by Gasteiger charge is -2.14. The van der Waals surface area contributed by atoms with Crippen LogP contribution in [-0.2, 0) is 9.53 Å². The number of benzene rings is 3. The van der Waals surface area contributed by atoms with E-state index in [0.717, 1.165) is 42.0 Å². The number of carbonyl (C=O) groups excluding carboxylic acids is 2. The minimum atomic E-state index is -0.506. The number of hydrogen-bond donors (Lipinski definition) is 2. The van der Waals surface area contributed by atoms with Gasteiger partial charge in [-0.3, -0.25) is 4.79 Å². The largest absolute Gasteiger partial charge is 0.482 e. The molecule has 0 saturated heterocycles. The number of esters is 1. The number of rotatable bonds is 11. The van der Waals surface area contributed by atoms with E-state index >= 15 is 0 Å². The van der Waals surface area contributed by atoms with E-state index < -0.39 is 12.1 Å². The van der Waals surface area contributed by atoms with Gasteiger partial charge in [-0.1, -0.05) is 56.5 Å². The van der Waals surface area contributed by atoms with Gasteiger partial charge in [0, 0.05) is 17.3 Å². The van der Waals surface area contributed by atoms with Crippen LogP contribution in [0.5, 0.6) is 5.75 Å². The van der Waals surface area contributed by atoms with E-state index in [1.807, 2.05) is 30.3 Å². The molecule has 0 aromatic heterocycles. The number of aliphatic hydroxyl groups excluding tert-OH is 1. The quantitative estimate of drug-likeness (QED) is 0.268. The van der Waals surface area contributed by atoms with Crippen LogP contribution < -0.4 is 10.1 Å². The van der Waals surface area contributed by atoms with Crippen molar-refractivity contribution in [3.8, 4) is 5.75 Å². The van der Waals surface area contributed by atoms with Gasteiger partial charge in [-0.05, 0) is 60.9 Å². The summed E-state index contributed by atoms with van der Waals surface area (Å²) in [7, 11) is 0. The van der Waals surface area contributed by atoms with Crippen molar-refractivity contribution in [1.29, 1.82) is 0 Å². The molecule has 0 saturated carbocycles. The molecule has 0 bridgehead atoms. The minimum Gasteiger partial charge on any atom is -0.482 e. The fourth-order valence-corrected chi connectivity index (χ4v) is 3.76. The van der Waals surface area contributed by atoms with Crippen LogP contribution in [0.2, 0.25) is 0 Å². The van der Waals surface area contributed by atoms with Gasteiger partial charge in [0.05, 0.1) is 12.2 Å². The van der Waals surface area contributed by atoms with Crippen LogP contribution in [0.1, 0.15) is 68.5 Å². The lowest BCUT2D eigenvalue weighted by molar-refractivity contribution is -0.149. The summed E-state index contributed by atoms with van der Waals surface area (Å²) in [5.41, 5.74) is 1.96. The van der Waals surface area contributed by atoms with Crippen LogP contribution in [0, 0.1) is 0 Å². The zero-order chi connectivity index (χ0) is 24.5. The molecule has 0 radical (unpaired) electrons. The Morgan fingerprint density at radius 1 is 1.00 bits per heavy atom. The highest BCUT2D eigenvalue weighted by Gasteiger charge is 2.14. The SMILES string of the molecule is CCCCCC(O)c1ccc2c(C(=O)Nc3cccc(OCC(=O)OC(C)C)c3)cccc2c1. The van der Waals surface area contributed by atoms with Crippen molar-refractivity contribution < 1.29 is 24.2 Å². The van der Waals surface area contributed by atoms with Crippen molar-refractivity contribution in [2.24, 2.45) is 0 Å². The maximum atomic E-state index is 13.0. The van der Waals surface area contributed by atoms with Gasteiger partial charge in [0.25, 0.3) is 5.91 Å². The van der Waals surface area contributed by atoms with Crippen molar-refractivity contribution >= 4 is 28.3 Å². The summed E-state index contributed by atoms with van der Waals surface area (Å²) in [6.45, 7) is 5.49. The van der Waals surface area contributed by atoms with Gasteiger partial charge in [0.2, 0.25) is 0 Å². The molecule has 0 aliphatic heterocycles. The number of ether oxygens (including phenoxy) is 2. The van der Waals surface area contributed by atoms with Crippen LogP contribution in [0.4, 0.5) is 5.69 Å². The van der Waals surface area contributed by atoms with Crippen LogP contribution in [0.3, 0.4) is 0 Å². The third-order valence-corrected chi connectivity index (χ3v) is 5.43. The van der Waals surface area contributed by atoms with E-state index in [1.165, 1.54) is 0 Å². The molecule has 3 rings (SSSR count). The van der Waals surface area contributed by atoms with E-state index in [9.17, 15) is 14.7 Å². The Morgan fingerprint density at radius 2 is 1.79 bits per heavy atom. The number of hydrogen-bond acceptors (Lipinski definition) is 5. The molecule has 34 heavy (non-hydrogen) atoms. The highest BCUT2D eigenvalue weighted by molar-refractivity contribution is 6.13. The highest BCUT2D eigenvalue weighted by Crippen LogP contribution is 2.27. The Hall–Kier alpha value is -3.38. The monoisotopic (exact) mass is 463 g/mol. The van der Waals surface area contributed by atoms with Gasteiger partial charge in [-0.25, -0.2) is 4.79 Å². The Balaban J connectivity index is 1.70. The summed E-state index contributed by atoms with van der Waals surface area (Å²) in [4.78, 5) is 24.7. The maximum absolute atomic E-state index is 13.0. The second kappa shape index (κ2) is 12.2. The summed E-state index contributed by atoms with van der Waals surface area (Å²) in [5.74, 6) is -0.244. The fraction of sp³-hybridized carbons (Fsp3) is 0.357. The van der Waals surface area contributed by atoms with Crippen LogP contribution in [0.15, 0.2) is 60.7 Å². The number of unbranched alkanes of at least 4 members (excludes halogenated alkanes) is 2. The normalized spacial score (nSPS) is 11.9. The van der Waals surface area contributed by atoms with Gasteiger partial charge in [-0.2, -0.15) is 0 Å². The van der Waals surface area contributed by atoms with Crippen LogP contribution >= 0.6 is 0 Å². The highest BCUT2D eigenvalue weighted by atomic mass is 16.6. The second-order valence-corrected chi connectivity index (χ2v) is 8.61. The Morgan fingerprint density at radius 3 is 2.56 bits per heavy atom. The molecule has 1 atom stereocenters. The molecule has 0 spiro atoms. The molecule has 6 nitrogen and oxygen atoms in total. The molecule has 0 aliphatic carbocycles. The molecular weight excluding hydrogens is 430 g/mol. The van der Waals surface area contributed by atoms with Gasteiger partial charge < -0.3 is 19.9 Å². The van der Waals surface area contributed by atoms with E-state index in [-0.39, 0.29) is 18.6 Å². The molecule has 0 heterocycles. The summed E-state index contributed by atoms with van der Waals surface area (Å²) in [6, 6.07) is 18.2. The van der Waals surface area contributed by atoms with Gasteiger partial charge in [0.1, 0.15) is 5.75 Å². The number of amides is 1. The first-order valence-electron chi connectivity index (χ1n) is 11.8. The Bertz CT molecular complexity index is 1120. The van der Waals surface area contributed by atoms with Crippen molar-refractivity contribution in [2.75, 3.05) is 11.9 Å². The van der Waals surface area contributed by atoms with Gasteiger partial charge >= 0.3 is 5.97 Å². The molecule has 0 aliphatic rings. The first kappa shape index (κ1) is 25.2. The van der Waals surface area contributed by atoms with Crippen LogP contribution in [-0.4, -0.2) is 29.7 Å². The zero-order valence-corrected chi connectivity index (χ0v) is 20.0. The van der Waals surface area contributed by atoms with Gasteiger partial charge in [-0.15, -0.1) is 0 Å². The molecule has 6 heteroatoms. The number of anilines is 1. The minimum absolute atomic E-state index is 0.203. The molecule has 180 valence electrons. The molecule has 3 aromatic carbocycles. The third kappa shape index (κ3) is 7.06. The zero-order valence-electron chi connectivity index (χ0n) is 20.0. The lowest BCUT2D eigenvalue weighted by Crippen LogP contribution is -2.18. The number of aliphatic hydroxyl groups is 1. The van der Waals surface area contributed by atoms with E-state index in [2.05, 4.69) is 12.2 Å². The summed E-state index contributed by atoms with van der Waals surface area (Å²) in [5, 5.41) is 15.1. The average molecular weight is 464 g/mol. The van der Waals surface area contributed by atoms with E-state index in [4.69, 9.17) is 9.47 Å². The number of fused-ring (bicyclic) bond motifs is 1. The van der Waals surface area contributed by atoms with Crippen molar-refractivity contribution in [3.05, 3.63) is 71.8 Å². The number of carbonyl (C=O) groups is 2. The van der Waals surface area contributed by atoms with E-state index in [1.54, 1.807) is 44.2 Å². The molecule has 1 unspecified atom stereocenters. The third-order valence-electron chi connectivity index (χ3n) is 5.43. The number of nitrogens with one attached hydrogen (secondary N) is 1. The summed E-state index contributed by atoms with van der Waals surface area (Å²) >= 11 is 0. The molecule has 3 aromatic rings. The van der Waals surface area contributed by atoms with Crippen LogP contribution in [0.25, 0.3) is 10.8 Å². The maximum Gasteiger partial charge on any atom is 0.344 e. The van der Waals surface area contributed by atoms with Crippen molar-refractivity contribution in [3.63, 3.8) is 0 Å². The Kier molecular flexibility index (Phi) is 9.05. The molecule has 1 amide bonds. The standard InChI is InChI=1S/C28H33NO5/c1-4-5-6-13-26(30)21-14-15-24-20(16-21)9-7-12-25(24)28(32)29-22-10-8-11-23(17-22)33-18-27(31)34-19(2)3/h7-12,14-17,19,26,30H,4-6,13,18H2,1-3H3,(H,29,32). The predicted molar refractivity (Wildman–Crippen MR) is 134 cm³/mol. The fourth-order valence-electron chi connectivity index (χ4n) is 3.76. The second-order valence-electron chi connectivity index (χ2n) is 8.61. The van der Waals surface area contributed by atoms with Crippen molar-refractivity contribution in [2.45, 2.75) is 58.7 Å². The van der Waals surface area contributed by atoms with E-state index in [0.29, 0.717) is 17.0 Å². The topological polar surface area (TPSA) is 84.9 Å². The summed E-state index contributed by atoms with van der Waals surface area (Å²) in [6.07, 6.45) is 3.22. The smallest absolute Gasteiger partial charge is 0.344 e. The Labute approximate surface area is 200 Å². The molecular formula is C28H33NO5. The van der Waals surface area contributed by atoms with Crippen molar-refractivity contribution in [1.82, 2.24) is 0 Å². The predicted octanol–water partition coefficient (Wildman–Crippen LogP) is 6.04. The lowest BCUT2D eigenvalue weighted by atomic mass is 9.97. The van der Waals surface area contributed by atoms with Gasteiger partial charge in [0.15, 0.2) is 6.61 Å². The summed E-state index contributed by atoms with van der Waals surface area (Å²) < 4.78 is 10.6. The first-order valence-corrected chi connectivity index (χ1v) is 11.8. The molecule has 0 fully saturated rings. The first-order chi connectivity index (χ1) is 16.4. The molecule has 2 N–H and O–H groups in total.